The van der Waals surface area contributed by atoms with Crippen molar-refractivity contribution < 1.29 is 4.39 Å². The summed E-state index contributed by atoms with van der Waals surface area (Å²) in [6.07, 6.45) is 1.82. The number of rotatable bonds is 1. The molecule has 0 atom stereocenters. The van der Waals surface area contributed by atoms with Gasteiger partial charge in [-0.05, 0) is 43.2 Å². The maximum Gasteiger partial charge on any atom is 0.123 e. The van der Waals surface area contributed by atoms with E-state index >= 15 is 0 Å². The Morgan fingerprint density at radius 1 is 1.00 bits per heavy atom. The van der Waals surface area contributed by atoms with E-state index in [-0.39, 0.29) is 5.82 Å². The van der Waals surface area contributed by atoms with E-state index in [2.05, 4.69) is 11.1 Å². The van der Waals surface area contributed by atoms with Gasteiger partial charge in [0, 0.05) is 17.5 Å². The van der Waals surface area contributed by atoms with Crippen LogP contribution in [0.2, 0.25) is 0 Å². The molecule has 0 amide bonds. The summed E-state index contributed by atoms with van der Waals surface area (Å²) in [7, 11) is 0. The highest BCUT2D eigenvalue weighted by molar-refractivity contribution is 5.63. The number of pyridine rings is 1. The van der Waals surface area contributed by atoms with E-state index in [0.29, 0.717) is 0 Å². The van der Waals surface area contributed by atoms with Crippen molar-refractivity contribution in [3.05, 3.63) is 53.6 Å². The van der Waals surface area contributed by atoms with Crippen LogP contribution in [-0.4, -0.2) is 4.98 Å². The summed E-state index contributed by atoms with van der Waals surface area (Å²) in [5, 5.41) is 0. The summed E-state index contributed by atoms with van der Waals surface area (Å²) in [5.74, 6) is -0.212. The summed E-state index contributed by atoms with van der Waals surface area (Å²) in [6, 6.07) is 8.52. The second-order valence-electron chi connectivity index (χ2n) is 3.63. The lowest BCUT2D eigenvalue weighted by Crippen LogP contribution is -1.88. The molecule has 2 aromatic rings. The predicted molar refractivity (Wildman–Crippen MR) is 59.1 cm³/mol. The van der Waals surface area contributed by atoms with Crippen molar-refractivity contribution in [3.8, 4) is 11.1 Å². The highest BCUT2D eigenvalue weighted by Crippen LogP contribution is 2.20. The minimum absolute atomic E-state index is 0.212. The number of aromatic nitrogens is 1. The minimum Gasteiger partial charge on any atom is -0.261 e. The Bertz CT molecular complexity index is 474. The molecule has 76 valence electrons. The highest BCUT2D eigenvalue weighted by Gasteiger charge is 2.00. The predicted octanol–water partition coefficient (Wildman–Crippen LogP) is 3.50. The lowest BCUT2D eigenvalue weighted by molar-refractivity contribution is 0.628. The first-order valence-electron chi connectivity index (χ1n) is 4.86. The third kappa shape index (κ3) is 2.04. The first kappa shape index (κ1) is 9.84. The molecule has 0 N–H and O–H groups in total. The van der Waals surface area contributed by atoms with Gasteiger partial charge in [0.15, 0.2) is 0 Å². The Kier molecular flexibility index (Phi) is 2.50. The number of halogens is 1. The molecule has 0 aliphatic heterocycles. The molecular weight excluding hydrogens is 189 g/mol. The van der Waals surface area contributed by atoms with Crippen molar-refractivity contribution in [2.45, 2.75) is 13.8 Å². The smallest absolute Gasteiger partial charge is 0.123 e. The molecule has 0 saturated carbocycles. The number of nitrogens with zero attached hydrogens (tertiary/aromatic N) is 1. The molecule has 1 heterocycles. The van der Waals surface area contributed by atoms with Crippen molar-refractivity contribution in [1.29, 1.82) is 0 Å². The van der Waals surface area contributed by atoms with Crippen LogP contribution >= 0.6 is 0 Å². The molecule has 0 unspecified atom stereocenters. The average Bonchev–Trinajstić information content (AvgIpc) is 2.23. The van der Waals surface area contributed by atoms with Crippen LogP contribution in [0.15, 0.2) is 36.5 Å². The third-order valence-corrected chi connectivity index (χ3v) is 2.52. The zero-order valence-electron chi connectivity index (χ0n) is 8.79. The zero-order chi connectivity index (χ0) is 10.8. The van der Waals surface area contributed by atoms with Gasteiger partial charge in [-0.25, -0.2) is 4.39 Å². The van der Waals surface area contributed by atoms with E-state index in [9.17, 15) is 4.39 Å². The van der Waals surface area contributed by atoms with Crippen molar-refractivity contribution in [2.75, 3.05) is 0 Å². The summed E-state index contributed by atoms with van der Waals surface area (Å²) >= 11 is 0. The standard InChI is InChI=1S/C13H12FN/c1-9-7-12(8-15-10(9)2)11-3-5-13(14)6-4-11/h3-8H,1-2H3. The van der Waals surface area contributed by atoms with Crippen molar-refractivity contribution in [2.24, 2.45) is 0 Å². The Morgan fingerprint density at radius 2 is 1.67 bits per heavy atom. The zero-order valence-corrected chi connectivity index (χ0v) is 8.79. The SMILES string of the molecule is Cc1cc(-c2ccc(F)cc2)cnc1C. The molecule has 0 aliphatic rings. The Morgan fingerprint density at radius 3 is 2.27 bits per heavy atom. The van der Waals surface area contributed by atoms with Gasteiger partial charge in [0.25, 0.3) is 0 Å². The first-order chi connectivity index (χ1) is 7.16. The molecule has 1 aromatic heterocycles. The molecule has 15 heavy (non-hydrogen) atoms. The van der Waals surface area contributed by atoms with E-state index in [4.69, 9.17) is 0 Å². The molecule has 0 saturated heterocycles. The molecule has 2 heteroatoms. The van der Waals surface area contributed by atoms with E-state index in [1.165, 1.54) is 12.1 Å². The normalized spacial score (nSPS) is 10.3. The van der Waals surface area contributed by atoms with Crippen LogP contribution in [0, 0.1) is 19.7 Å². The lowest BCUT2D eigenvalue weighted by atomic mass is 10.1. The van der Waals surface area contributed by atoms with Gasteiger partial charge in [-0.2, -0.15) is 0 Å². The maximum atomic E-state index is 12.7. The topological polar surface area (TPSA) is 12.9 Å². The summed E-state index contributed by atoms with van der Waals surface area (Å²) in [5.41, 5.74) is 4.20. The van der Waals surface area contributed by atoms with Gasteiger partial charge < -0.3 is 0 Å². The van der Waals surface area contributed by atoms with Gasteiger partial charge >= 0.3 is 0 Å². The number of benzene rings is 1. The molecular formula is C13H12FN. The molecule has 0 radical (unpaired) electrons. The number of hydrogen-bond acceptors (Lipinski definition) is 1. The van der Waals surface area contributed by atoms with Crippen molar-refractivity contribution >= 4 is 0 Å². The van der Waals surface area contributed by atoms with Crippen LogP contribution < -0.4 is 0 Å². The van der Waals surface area contributed by atoms with Gasteiger partial charge in [-0.3, -0.25) is 4.98 Å². The lowest BCUT2D eigenvalue weighted by Gasteiger charge is -2.04. The van der Waals surface area contributed by atoms with Crippen LogP contribution in [0.5, 0.6) is 0 Å². The maximum absolute atomic E-state index is 12.7. The Hall–Kier alpha value is -1.70. The van der Waals surface area contributed by atoms with Gasteiger partial charge in [0.1, 0.15) is 5.82 Å². The fourth-order valence-corrected chi connectivity index (χ4v) is 1.44. The van der Waals surface area contributed by atoms with Crippen molar-refractivity contribution in [1.82, 2.24) is 4.98 Å². The van der Waals surface area contributed by atoms with E-state index in [1.54, 1.807) is 12.1 Å². The van der Waals surface area contributed by atoms with Gasteiger partial charge in [-0.1, -0.05) is 12.1 Å². The third-order valence-electron chi connectivity index (χ3n) is 2.52. The van der Waals surface area contributed by atoms with Crippen LogP contribution in [0.25, 0.3) is 11.1 Å². The molecule has 2 rings (SSSR count). The first-order valence-corrected chi connectivity index (χ1v) is 4.86. The summed E-state index contributed by atoms with van der Waals surface area (Å²) in [4.78, 5) is 4.28. The highest BCUT2D eigenvalue weighted by atomic mass is 19.1. The fourth-order valence-electron chi connectivity index (χ4n) is 1.44. The van der Waals surface area contributed by atoms with E-state index in [0.717, 1.165) is 22.4 Å². The number of aryl methyl sites for hydroxylation is 2. The largest absolute Gasteiger partial charge is 0.261 e. The van der Waals surface area contributed by atoms with Gasteiger partial charge in [0.05, 0.1) is 0 Å². The molecule has 1 nitrogen and oxygen atoms in total. The van der Waals surface area contributed by atoms with Crippen molar-refractivity contribution in [3.63, 3.8) is 0 Å². The quantitative estimate of drug-likeness (QED) is 0.688. The molecule has 0 fully saturated rings. The monoisotopic (exact) mass is 201 g/mol. The minimum atomic E-state index is -0.212. The Labute approximate surface area is 88.6 Å². The van der Waals surface area contributed by atoms with Crippen LogP contribution in [0.4, 0.5) is 4.39 Å². The van der Waals surface area contributed by atoms with Crippen LogP contribution in [0.3, 0.4) is 0 Å². The van der Waals surface area contributed by atoms with Gasteiger partial charge in [0.2, 0.25) is 0 Å². The summed E-state index contributed by atoms with van der Waals surface area (Å²) in [6.45, 7) is 4.00. The molecule has 0 aliphatic carbocycles. The van der Waals surface area contributed by atoms with Crippen LogP contribution in [0.1, 0.15) is 11.3 Å². The summed E-state index contributed by atoms with van der Waals surface area (Å²) < 4.78 is 12.7. The molecule has 0 spiro atoms. The van der Waals surface area contributed by atoms with Gasteiger partial charge in [-0.15, -0.1) is 0 Å². The molecule has 1 aromatic carbocycles. The fraction of sp³-hybridized carbons (Fsp3) is 0.154. The average molecular weight is 201 g/mol. The number of hydrogen-bond donors (Lipinski definition) is 0. The van der Waals surface area contributed by atoms with Crippen LogP contribution in [-0.2, 0) is 0 Å². The van der Waals surface area contributed by atoms with E-state index in [1.807, 2.05) is 20.0 Å². The second-order valence-corrected chi connectivity index (χ2v) is 3.63. The molecule has 0 bridgehead atoms. The van der Waals surface area contributed by atoms with E-state index < -0.39 is 0 Å². The second kappa shape index (κ2) is 3.81. The Balaban J connectivity index is 2.45.